The number of rotatable bonds is 3. The second kappa shape index (κ2) is 7.87. The Morgan fingerprint density at radius 3 is 2.69 bits per heavy atom. The highest BCUT2D eigenvalue weighted by Crippen LogP contribution is 2.27. The van der Waals surface area contributed by atoms with Gasteiger partial charge in [0.05, 0.1) is 0 Å². The average Bonchev–Trinajstić information content (AvgIpc) is 3.06. The number of aromatic amines is 1. The smallest absolute Gasteiger partial charge is 0.410 e. The number of piperazine rings is 1. The molecule has 0 unspecified atom stereocenters. The molecule has 1 aliphatic rings. The molecule has 0 saturated carbocycles. The largest absolute Gasteiger partial charge is 0.444 e. The van der Waals surface area contributed by atoms with Gasteiger partial charge in [0.25, 0.3) is 0 Å². The maximum absolute atomic E-state index is 12.2. The number of fused-ring (bicyclic) bond motifs is 3. The molecule has 29 heavy (non-hydrogen) atoms. The van der Waals surface area contributed by atoms with Gasteiger partial charge in [-0.3, -0.25) is 4.90 Å². The molecule has 0 atom stereocenters. The van der Waals surface area contributed by atoms with Crippen LogP contribution in [0.25, 0.3) is 28.0 Å². The first-order chi connectivity index (χ1) is 13.9. The molecule has 1 saturated heterocycles. The van der Waals surface area contributed by atoms with E-state index in [1.807, 2.05) is 33.0 Å². The molecule has 0 spiro atoms. The standard InChI is InChI=1S/C23H28N4O2/c1-23(2,3)29-22(28)27-15-13-26(14-16-27)12-6-7-17-10-11-24-21-20(17)18-8-4-5-9-19(18)25-21/h4-11H,12-16H2,1-3H3,(H,24,25)/b7-6-. The van der Waals surface area contributed by atoms with E-state index >= 15 is 0 Å². The second-order valence-corrected chi connectivity index (χ2v) is 8.46. The summed E-state index contributed by atoms with van der Waals surface area (Å²) in [5.74, 6) is 0. The van der Waals surface area contributed by atoms with Gasteiger partial charge < -0.3 is 14.6 Å². The van der Waals surface area contributed by atoms with Crippen LogP contribution >= 0.6 is 0 Å². The number of hydrogen-bond acceptors (Lipinski definition) is 4. The number of aromatic nitrogens is 2. The third kappa shape index (κ3) is 4.43. The van der Waals surface area contributed by atoms with Crippen LogP contribution in [0.5, 0.6) is 0 Å². The summed E-state index contributed by atoms with van der Waals surface area (Å²) >= 11 is 0. The number of nitrogens with zero attached hydrogens (tertiary/aromatic N) is 3. The number of amides is 1. The van der Waals surface area contributed by atoms with E-state index in [0.717, 1.165) is 36.2 Å². The highest BCUT2D eigenvalue weighted by molar-refractivity contribution is 6.09. The number of nitrogens with one attached hydrogen (secondary N) is 1. The number of hydrogen-bond donors (Lipinski definition) is 1. The zero-order valence-corrected chi connectivity index (χ0v) is 17.3. The maximum atomic E-state index is 12.2. The minimum absolute atomic E-state index is 0.216. The minimum Gasteiger partial charge on any atom is -0.444 e. The van der Waals surface area contributed by atoms with Crippen molar-refractivity contribution in [2.24, 2.45) is 0 Å². The zero-order chi connectivity index (χ0) is 20.4. The second-order valence-electron chi connectivity index (χ2n) is 8.46. The van der Waals surface area contributed by atoms with Gasteiger partial charge in [0.15, 0.2) is 0 Å². The van der Waals surface area contributed by atoms with Crippen molar-refractivity contribution >= 4 is 34.1 Å². The van der Waals surface area contributed by atoms with Crippen molar-refractivity contribution in [3.63, 3.8) is 0 Å². The van der Waals surface area contributed by atoms with E-state index in [-0.39, 0.29) is 6.09 Å². The third-order valence-corrected chi connectivity index (χ3v) is 5.12. The third-order valence-electron chi connectivity index (χ3n) is 5.12. The monoisotopic (exact) mass is 392 g/mol. The lowest BCUT2D eigenvalue weighted by molar-refractivity contribution is 0.0154. The van der Waals surface area contributed by atoms with E-state index in [9.17, 15) is 4.79 Å². The summed E-state index contributed by atoms with van der Waals surface area (Å²) in [6, 6.07) is 10.3. The molecule has 2 aromatic heterocycles. The summed E-state index contributed by atoms with van der Waals surface area (Å²) in [5.41, 5.74) is 2.74. The van der Waals surface area contributed by atoms with Gasteiger partial charge in [0.2, 0.25) is 0 Å². The summed E-state index contributed by atoms with van der Waals surface area (Å²) in [4.78, 5) is 24.2. The number of pyridine rings is 1. The number of ether oxygens (including phenoxy) is 1. The van der Waals surface area contributed by atoms with Gasteiger partial charge in [-0.05, 0) is 38.5 Å². The fraction of sp³-hybridized carbons (Fsp3) is 0.391. The molecular formula is C23H28N4O2. The molecule has 3 heterocycles. The van der Waals surface area contributed by atoms with Crippen LogP contribution in [0.15, 0.2) is 42.6 Å². The van der Waals surface area contributed by atoms with E-state index in [1.54, 1.807) is 4.90 Å². The summed E-state index contributed by atoms with van der Waals surface area (Å²) in [7, 11) is 0. The van der Waals surface area contributed by atoms with Crippen molar-refractivity contribution in [3.8, 4) is 0 Å². The van der Waals surface area contributed by atoms with E-state index in [4.69, 9.17) is 4.74 Å². The minimum atomic E-state index is -0.449. The molecule has 3 aromatic rings. The molecule has 1 fully saturated rings. The van der Waals surface area contributed by atoms with Crippen LogP contribution in [0.1, 0.15) is 26.3 Å². The highest BCUT2D eigenvalue weighted by Gasteiger charge is 2.25. The first-order valence-corrected chi connectivity index (χ1v) is 10.1. The first kappa shape index (κ1) is 19.5. The Hall–Kier alpha value is -2.86. The number of H-pyrrole nitrogens is 1. The van der Waals surface area contributed by atoms with Crippen molar-refractivity contribution in [3.05, 3.63) is 48.2 Å². The Balaban J connectivity index is 1.39. The summed E-state index contributed by atoms with van der Waals surface area (Å²) in [6.07, 6.45) is 5.99. The van der Waals surface area contributed by atoms with Gasteiger partial charge in [-0.1, -0.05) is 30.4 Å². The number of carbonyl (C=O) groups is 1. The molecule has 6 nitrogen and oxygen atoms in total. The molecule has 1 aromatic carbocycles. The quantitative estimate of drug-likeness (QED) is 0.723. The SMILES string of the molecule is CC(C)(C)OC(=O)N1CCN(C/C=C\c2ccnc3[nH]c4ccccc4c23)CC1. The molecule has 152 valence electrons. The van der Waals surface area contributed by atoms with Crippen molar-refractivity contribution in [2.45, 2.75) is 26.4 Å². The van der Waals surface area contributed by atoms with Crippen molar-refractivity contribution in [2.75, 3.05) is 32.7 Å². The molecule has 1 aliphatic heterocycles. The molecular weight excluding hydrogens is 364 g/mol. The normalized spacial score (nSPS) is 16.2. The molecule has 4 rings (SSSR count). The number of carbonyl (C=O) groups excluding carboxylic acids is 1. The van der Waals surface area contributed by atoms with Crippen LogP contribution in [0.2, 0.25) is 0 Å². The van der Waals surface area contributed by atoms with Crippen LogP contribution < -0.4 is 0 Å². The van der Waals surface area contributed by atoms with Crippen molar-refractivity contribution in [1.29, 1.82) is 0 Å². The molecule has 0 radical (unpaired) electrons. The lowest BCUT2D eigenvalue weighted by Gasteiger charge is -2.35. The lowest BCUT2D eigenvalue weighted by Crippen LogP contribution is -2.49. The van der Waals surface area contributed by atoms with Crippen molar-refractivity contribution < 1.29 is 9.53 Å². The van der Waals surface area contributed by atoms with Gasteiger partial charge >= 0.3 is 6.09 Å². The van der Waals surface area contributed by atoms with Gasteiger partial charge in [0.1, 0.15) is 11.2 Å². The van der Waals surface area contributed by atoms with Crippen LogP contribution in [-0.2, 0) is 4.74 Å². The van der Waals surface area contributed by atoms with Crippen LogP contribution in [0, 0.1) is 0 Å². The summed E-state index contributed by atoms with van der Waals surface area (Å²) in [6.45, 7) is 9.65. The number of benzene rings is 1. The Morgan fingerprint density at radius 1 is 1.17 bits per heavy atom. The van der Waals surface area contributed by atoms with Gasteiger partial charge in [-0.15, -0.1) is 0 Å². The fourth-order valence-electron chi connectivity index (χ4n) is 3.70. The van der Waals surface area contributed by atoms with Gasteiger partial charge in [-0.25, -0.2) is 9.78 Å². The van der Waals surface area contributed by atoms with Crippen LogP contribution in [0.3, 0.4) is 0 Å². The Morgan fingerprint density at radius 2 is 1.93 bits per heavy atom. The average molecular weight is 393 g/mol. The molecule has 0 bridgehead atoms. The Kier molecular flexibility index (Phi) is 5.28. The van der Waals surface area contributed by atoms with Crippen LogP contribution in [-0.4, -0.2) is 64.2 Å². The topological polar surface area (TPSA) is 61.5 Å². The van der Waals surface area contributed by atoms with E-state index < -0.39 is 5.60 Å². The molecule has 1 N–H and O–H groups in total. The van der Waals surface area contributed by atoms with E-state index in [0.29, 0.717) is 13.1 Å². The van der Waals surface area contributed by atoms with Gasteiger partial charge in [0, 0.05) is 55.2 Å². The Bertz CT molecular complexity index is 1040. The molecule has 6 heteroatoms. The number of para-hydroxylation sites is 1. The van der Waals surface area contributed by atoms with Gasteiger partial charge in [-0.2, -0.15) is 0 Å². The zero-order valence-electron chi connectivity index (χ0n) is 17.3. The maximum Gasteiger partial charge on any atom is 0.410 e. The molecule has 1 amide bonds. The predicted molar refractivity (Wildman–Crippen MR) is 117 cm³/mol. The van der Waals surface area contributed by atoms with E-state index in [1.165, 1.54) is 10.9 Å². The van der Waals surface area contributed by atoms with Crippen LogP contribution in [0.4, 0.5) is 4.79 Å². The highest BCUT2D eigenvalue weighted by atomic mass is 16.6. The Labute approximate surface area is 171 Å². The first-order valence-electron chi connectivity index (χ1n) is 10.1. The predicted octanol–water partition coefficient (Wildman–Crippen LogP) is 4.28. The van der Waals surface area contributed by atoms with Crippen molar-refractivity contribution in [1.82, 2.24) is 19.8 Å². The summed E-state index contributed by atoms with van der Waals surface area (Å²) in [5, 5.41) is 2.36. The molecule has 0 aliphatic carbocycles. The van der Waals surface area contributed by atoms with E-state index in [2.05, 4.69) is 51.3 Å². The fourth-order valence-corrected chi connectivity index (χ4v) is 3.70. The summed E-state index contributed by atoms with van der Waals surface area (Å²) < 4.78 is 5.47. The lowest BCUT2D eigenvalue weighted by atomic mass is 10.1.